The third kappa shape index (κ3) is 3.28. The molecule has 0 saturated carbocycles. The molecule has 1 aromatic heterocycles. The molecule has 1 atom stereocenters. The van der Waals surface area contributed by atoms with E-state index in [9.17, 15) is 12.8 Å². The number of likely N-dealkylation sites (N-methyl/N-ethyl adjacent to an activating group) is 1. The Morgan fingerprint density at radius 2 is 1.89 bits per heavy atom. The van der Waals surface area contributed by atoms with Crippen molar-refractivity contribution in [3.63, 3.8) is 0 Å². The van der Waals surface area contributed by atoms with Crippen LogP contribution in [0.1, 0.15) is 24.0 Å². The summed E-state index contributed by atoms with van der Waals surface area (Å²) in [6.45, 7) is 2.96. The van der Waals surface area contributed by atoms with E-state index in [4.69, 9.17) is 0 Å². The number of fused-ring (bicyclic) bond motifs is 1. The van der Waals surface area contributed by atoms with Crippen molar-refractivity contribution in [2.24, 2.45) is 0 Å². The summed E-state index contributed by atoms with van der Waals surface area (Å²) in [7, 11) is -1.66. The lowest BCUT2D eigenvalue weighted by Crippen LogP contribution is -2.26. The molecule has 3 aromatic rings. The highest BCUT2D eigenvalue weighted by Crippen LogP contribution is 2.30. The lowest BCUT2D eigenvalue weighted by Gasteiger charge is -2.18. The van der Waals surface area contributed by atoms with E-state index in [0.717, 1.165) is 30.5 Å². The highest BCUT2D eigenvalue weighted by Gasteiger charge is 2.26. The van der Waals surface area contributed by atoms with Gasteiger partial charge in [0.05, 0.1) is 10.4 Å². The molecule has 4 nitrogen and oxygen atoms in total. The number of nitrogens with zero attached hydrogens (tertiary/aromatic N) is 2. The fourth-order valence-electron chi connectivity index (χ4n) is 3.91. The van der Waals surface area contributed by atoms with E-state index in [1.165, 1.54) is 16.1 Å². The predicted molar refractivity (Wildman–Crippen MR) is 105 cm³/mol. The fraction of sp³-hybridized carbons (Fsp3) is 0.333. The zero-order chi connectivity index (χ0) is 19.2. The molecule has 4 rings (SSSR count). The van der Waals surface area contributed by atoms with E-state index in [-0.39, 0.29) is 10.7 Å². The fourth-order valence-corrected chi connectivity index (χ4v) is 5.31. The van der Waals surface area contributed by atoms with Crippen molar-refractivity contribution >= 4 is 20.9 Å². The molecular formula is C21H23FN2O2S. The van der Waals surface area contributed by atoms with Crippen LogP contribution in [0.4, 0.5) is 4.39 Å². The second-order valence-electron chi connectivity index (χ2n) is 7.41. The smallest absolute Gasteiger partial charge is 0.268 e. The maximum absolute atomic E-state index is 13.9. The molecule has 0 bridgehead atoms. The van der Waals surface area contributed by atoms with Gasteiger partial charge in [-0.15, -0.1) is 0 Å². The van der Waals surface area contributed by atoms with Crippen LogP contribution in [0.25, 0.3) is 10.9 Å². The predicted octanol–water partition coefficient (Wildman–Crippen LogP) is 3.96. The SMILES string of the molecule is Cc1ccc(S(=O)(=O)n2cc(CC3CCCN3C)c3cc(F)ccc32)cc1. The van der Waals surface area contributed by atoms with Crippen LogP contribution in [0.5, 0.6) is 0 Å². The molecule has 0 radical (unpaired) electrons. The Kier molecular flexibility index (Phi) is 4.56. The van der Waals surface area contributed by atoms with Crippen LogP contribution in [-0.4, -0.2) is 36.9 Å². The Hall–Kier alpha value is -2.18. The minimum absolute atomic E-state index is 0.235. The van der Waals surface area contributed by atoms with Crippen LogP contribution in [0.15, 0.2) is 53.6 Å². The summed E-state index contributed by atoms with van der Waals surface area (Å²) in [6, 6.07) is 11.5. The zero-order valence-corrected chi connectivity index (χ0v) is 16.3. The van der Waals surface area contributed by atoms with Crippen molar-refractivity contribution in [3.8, 4) is 0 Å². The molecule has 1 fully saturated rings. The highest BCUT2D eigenvalue weighted by molar-refractivity contribution is 7.90. The van der Waals surface area contributed by atoms with Gasteiger partial charge in [-0.1, -0.05) is 17.7 Å². The molecule has 27 heavy (non-hydrogen) atoms. The number of aryl methyl sites for hydroxylation is 1. The standard InChI is InChI=1S/C21H23FN2O2S/c1-15-5-8-19(9-6-15)27(25,26)24-14-16(12-18-4-3-11-23(18)2)20-13-17(22)7-10-21(20)24/h5-10,13-14,18H,3-4,11-12H2,1-2H3. The van der Waals surface area contributed by atoms with Crippen LogP contribution >= 0.6 is 0 Å². The van der Waals surface area contributed by atoms with Crippen LogP contribution < -0.4 is 0 Å². The van der Waals surface area contributed by atoms with E-state index in [1.807, 2.05) is 6.92 Å². The summed E-state index contributed by atoms with van der Waals surface area (Å²) >= 11 is 0. The number of hydrogen-bond donors (Lipinski definition) is 0. The molecule has 0 spiro atoms. The summed E-state index contributed by atoms with van der Waals surface area (Å²) in [4.78, 5) is 2.52. The van der Waals surface area contributed by atoms with Gasteiger partial charge in [0.15, 0.2) is 0 Å². The quantitative estimate of drug-likeness (QED) is 0.682. The number of rotatable bonds is 4. The zero-order valence-electron chi connectivity index (χ0n) is 15.5. The molecule has 6 heteroatoms. The van der Waals surface area contributed by atoms with Gasteiger partial charge in [-0.3, -0.25) is 0 Å². The minimum atomic E-state index is -3.74. The van der Waals surface area contributed by atoms with Gasteiger partial charge in [0.1, 0.15) is 5.82 Å². The number of likely N-dealkylation sites (tertiary alicyclic amines) is 1. The first-order valence-corrected chi connectivity index (χ1v) is 10.6. The number of hydrogen-bond acceptors (Lipinski definition) is 3. The van der Waals surface area contributed by atoms with Crippen molar-refractivity contribution in [3.05, 3.63) is 65.6 Å². The molecule has 1 saturated heterocycles. The number of halogens is 1. The molecular weight excluding hydrogens is 363 g/mol. The topological polar surface area (TPSA) is 42.3 Å². The minimum Gasteiger partial charge on any atom is -0.303 e. The third-order valence-corrected chi connectivity index (χ3v) is 7.21. The van der Waals surface area contributed by atoms with E-state index >= 15 is 0 Å². The van der Waals surface area contributed by atoms with Gasteiger partial charge >= 0.3 is 0 Å². The van der Waals surface area contributed by atoms with Gasteiger partial charge in [0.2, 0.25) is 0 Å². The van der Waals surface area contributed by atoms with E-state index < -0.39 is 10.0 Å². The lowest BCUT2D eigenvalue weighted by molar-refractivity contribution is 0.310. The van der Waals surface area contributed by atoms with Crippen molar-refractivity contribution in [2.45, 2.75) is 37.1 Å². The van der Waals surface area contributed by atoms with Gasteiger partial charge in [0, 0.05) is 17.6 Å². The molecule has 0 aliphatic carbocycles. The largest absolute Gasteiger partial charge is 0.303 e. The first-order valence-electron chi connectivity index (χ1n) is 9.18. The van der Waals surface area contributed by atoms with Gasteiger partial charge in [-0.2, -0.15) is 0 Å². The average Bonchev–Trinajstić information content (AvgIpc) is 3.20. The van der Waals surface area contributed by atoms with E-state index in [2.05, 4.69) is 11.9 Å². The van der Waals surface area contributed by atoms with Crippen LogP contribution in [0, 0.1) is 12.7 Å². The Morgan fingerprint density at radius 1 is 1.15 bits per heavy atom. The second-order valence-corrected chi connectivity index (χ2v) is 9.23. The summed E-state index contributed by atoms with van der Waals surface area (Å²) in [6.07, 6.45) is 4.59. The summed E-state index contributed by atoms with van der Waals surface area (Å²) in [5, 5.41) is 0.672. The summed E-state index contributed by atoms with van der Waals surface area (Å²) < 4.78 is 41.6. The number of aromatic nitrogens is 1. The Morgan fingerprint density at radius 3 is 2.56 bits per heavy atom. The van der Waals surface area contributed by atoms with Crippen molar-refractivity contribution in [1.29, 1.82) is 0 Å². The second kappa shape index (κ2) is 6.77. The maximum Gasteiger partial charge on any atom is 0.268 e. The molecule has 1 aliphatic rings. The first kappa shape index (κ1) is 18.2. The van der Waals surface area contributed by atoms with Crippen LogP contribution in [0.3, 0.4) is 0 Å². The molecule has 1 unspecified atom stereocenters. The van der Waals surface area contributed by atoms with E-state index in [0.29, 0.717) is 23.4 Å². The van der Waals surface area contributed by atoms with Crippen molar-refractivity contribution in [1.82, 2.24) is 8.87 Å². The van der Waals surface area contributed by atoms with Crippen LogP contribution in [-0.2, 0) is 16.4 Å². The Labute approximate surface area is 159 Å². The van der Waals surface area contributed by atoms with Crippen molar-refractivity contribution < 1.29 is 12.8 Å². The highest BCUT2D eigenvalue weighted by atomic mass is 32.2. The Bertz CT molecular complexity index is 1090. The van der Waals surface area contributed by atoms with Gasteiger partial charge in [0.25, 0.3) is 10.0 Å². The van der Waals surface area contributed by atoms with Crippen LogP contribution in [0.2, 0.25) is 0 Å². The average molecular weight is 386 g/mol. The lowest BCUT2D eigenvalue weighted by atomic mass is 10.0. The first-order chi connectivity index (χ1) is 12.9. The molecule has 142 valence electrons. The molecule has 2 aromatic carbocycles. The molecule has 0 N–H and O–H groups in total. The van der Waals surface area contributed by atoms with Gasteiger partial charge < -0.3 is 4.90 Å². The summed E-state index contributed by atoms with van der Waals surface area (Å²) in [5.41, 5.74) is 2.39. The maximum atomic E-state index is 13.9. The molecule has 0 amide bonds. The van der Waals surface area contributed by atoms with Gasteiger partial charge in [-0.25, -0.2) is 16.8 Å². The third-order valence-electron chi connectivity index (χ3n) is 5.52. The summed E-state index contributed by atoms with van der Waals surface area (Å²) in [5.74, 6) is -0.353. The molecule has 2 heterocycles. The Balaban J connectivity index is 1.84. The van der Waals surface area contributed by atoms with Gasteiger partial charge in [-0.05, 0) is 75.7 Å². The van der Waals surface area contributed by atoms with Crippen molar-refractivity contribution in [2.75, 3.05) is 13.6 Å². The molecule has 1 aliphatic heterocycles. The number of benzene rings is 2. The monoisotopic (exact) mass is 386 g/mol. The normalized spacial score (nSPS) is 18.4. The van der Waals surface area contributed by atoms with E-state index in [1.54, 1.807) is 36.5 Å².